The molecule has 1 aliphatic rings. The quantitative estimate of drug-likeness (QED) is 0.940. The number of hydrogen-bond acceptors (Lipinski definition) is 2. The third-order valence-corrected chi connectivity index (χ3v) is 4.55. The van der Waals surface area contributed by atoms with Crippen LogP contribution in [0.5, 0.6) is 0 Å². The number of carbonyl (C=O) groups excluding carboxylic acids is 1. The maximum Gasteiger partial charge on any atom is 0.224 e. The van der Waals surface area contributed by atoms with Gasteiger partial charge in [0, 0.05) is 29.7 Å². The van der Waals surface area contributed by atoms with E-state index in [9.17, 15) is 4.79 Å². The molecule has 5 heteroatoms. The molecule has 3 unspecified atom stereocenters. The van der Waals surface area contributed by atoms with E-state index in [4.69, 9.17) is 11.6 Å². The average Bonchev–Trinajstić information content (AvgIpc) is 3.19. The maximum absolute atomic E-state index is 12.4. The third-order valence-electron chi connectivity index (χ3n) is 4.30. The molecule has 0 radical (unpaired) electrons. The standard InChI is InChI=1S/C17H20ClN3O/c1-10(16-9-21(3)20-11(16)2)19-17(22)15-8-14(15)12-4-6-13(18)7-5-12/h4-7,9-10,14-15H,8H2,1-3H3,(H,19,22). The Morgan fingerprint density at radius 3 is 2.68 bits per heavy atom. The fourth-order valence-electron chi connectivity index (χ4n) is 3.00. The highest BCUT2D eigenvalue weighted by Crippen LogP contribution is 2.47. The lowest BCUT2D eigenvalue weighted by Gasteiger charge is -2.13. The molecule has 3 rings (SSSR count). The van der Waals surface area contributed by atoms with Crippen molar-refractivity contribution in [2.24, 2.45) is 13.0 Å². The number of amides is 1. The monoisotopic (exact) mass is 317 g/mol. The summed E-state index contributed by atoms with van der Waals surface area (Å²) in [6.45, 7) is 3.97. The molecule has 1 heterocycles. The molecule has 1 aromatic heterocycles. The number of aryl methyl sites for hydroxylation is 2. The number of nitrogens with one attached hydrogen (secondary N) is 1. The van der Waals surface area contributed by atoms with Gasteiger partial charge < -0.3 is 5.32 Å². The van der Waals surface area contributed by atoms with Gasteiger partial charge >= 0.3 is 0 Å². The molecule has 1 aromatic carbocycles. The molecule has 1 aliphatic carbocycles. The lowest BCUT2D eigenvalue weighted by atomic mass is 10.1. The first-order valence-corrected chi connectivity index (χ1v) is 7.89. The van der Waals surface area contributed by atoms with E-state index in [-0.39, 0.29) is 17.9 Å². The minimum Gasteiger partial charge on any atom is -0.349 e. The minimum absolute atomic E-state index is 0.0207. The fourth-order valence-corrected chi connectivity index (χ4v) is 3.13. The minimum atomic E-state index is -0.0207. The SMILES string of the molecule is Cc1nn(C)cc1C(C)NC(=O)C1CC1c1ccc(Cl)cc1. The normalized spacial score (nSPS) is 21.5. The van der Waals surface area contributed by atoms with E-state index in [2.05, 4.69) is 10.4 Å². The van der Waals surface area contributed by atoms with Crippen LogP contribution in [0.3, 0.4) is 0 Å². The summed E-state index contributed by atoms with van der Waals surface area (Å²) >= 11 is 5.90. The maximum atomic E-state index is 12.4. The molecule has 0 saturated heterocycles. The Balaban J connectivity index is 1.61. The van der Waals surface area contributed by atoms with Crippen LogP contribution in [-0.4, -0.2) is 15.7 Å². The van der Waals surface area contributed by atoms with Gasteiger partial charge in [0.15, 0.2) is 0 Å². The Morgan fingerprint density at radius 1 is 1.41 bits per heavy atom. The van der Waals surface area contributed by atoms with Gasteiger partial charge in [-0.05, 0) is 43.9 Å². The molecule has 1 saturated carbocycles. The second-order valence-corrected chi connectivity index (χ2v) is 6.51. The van der Waals surface area contributed by atoms with Gasteiger partial charge in [-0.15, -0.1) is 0 Å². The van der Waals surface area contributed by atoms with Gasteiger partial charge in [-0.3, -0.25) is 9.48 Å². The van der Waals surface area contributed by atoms with Crippen LogP contribution >= 0.6 is 11.6 Å². The van der Waals surface area contributed by atoms with Crippen molar-refractivity contribution in [3.63, 3.8) is 0 Å². The number of aromatic nitrogens is 2. The van der Waals surface area contributed by atoms with Gasteiger partial charge in [0.05, 0.1) is 11.7 Å². The number of benzene rings is 1. The third kappa shape index (κ3) is 3.02. The Labute approximate surface area is 135 Å². The van der Waals surface area contributed by atoms with Gasteiger partial charge in [0.2, 0.25) is 5.91 Å². The first kappa shape index (κ1) is 15.1. The highest BCUT2D eigenvalue weighted by atomic mass is 35.5. The summed E-state index contributed by atoms with van der Waals surface area (Å²) in [6.07, 6.45) is 2.87. The smallest absolute Gasteiger partial charge is 0.224 e. The number of halogens is 1. The fraction of sp³-hybridized carbons (Fsp3) is 0.412. The van der Waals surface area contributed by atoms with Crippen molar-refractivity contribution in [2.45, 2.75) is 32.2 Å². The lowest BCUT2D eigenvalue weighted by Crippen LogP contribution is -2.28. The van der Waals surface area contributed by atoms with Gasteiger partial charge in [0.25, 0.3) is 0 Å². The van der Waals surface area contributed by atoms with E-state index in [1.54, 1.807) is 4.68 Å². The number of rotatable bonds is 4. The first-order valence-electron chi connectivity index (χ1n) is 7.51. The molecule has 4 nitrogen and oxygen atoms in total. The van der Waals surface area contributed by atoms with Crippen LogP contribution in [0.1, 0.15) is 42.1 Å². The Hall–Kier alpha value is -1.81. The van der Waals surface area contributed by atoms with Crippen LogP contribution < -0.4 is 5.32 Å². The van der Waals surface area contributed by atoms with Crippen LogP contribution in [-0.2, 0) is 11.8 Å². The van der Waals surface area contributed by atoms with Crippen molar-refractivity contribution in [1.82, 2.24) is 15.1 Å². The van der Waals surface area contributed by atoms with Crippen LogP contribution in [0.15, 0.2) is 30.5 Å². The second-order valence-electron chi connectivity index (χ2n) is 6.07. The van der Waals surface area contributed by atoms with E-state index < -0.39 is 0 Å². The summed E-state index contributed by atoms with van der Waals surface area (Å²) in [7, 11) is 1.89. The zero-order chi connectivity index (χ0) is 15.9. The summed E-state index contributed by atoms with van der Waals surface area (Å²) in [5.41, 5.74) is 3.22. The molecule has 1 amide bonds. The number of carbonyl (C=O) groups is 1. The Morgan fingerprint density at radius 2 is 2.09 bits per heavy atom. The van der Waals surface area contributed by atoms with Crippen LogP contribution in [0.2, 0.25) is 5.02 Å². The van der Waals surface area contributed by atoms with Crippen molar-refractivity contribution in [2.75, 3.05) is 0 Å². The van der Waals surface area contributed by atoms with E-state index in [1.165, 1.54) is 5.56 Å². The first-order chi connectivity index (χ1) is 10.5. The van der Waals surface area contributed by atoms with Crippen molar-refractivity contribution in [3.8, 4) is 0 Å². The summed E-state index contributed by atoms with van der Waals surface area (Å²) in [6, 6.07) is 7.76. The van der Waals surface area contributed by atoms with Crippen LogP contribution in [0.25, 0.3) is 0 Å². The predicted octanol–water partition coefficient (Wildman–Crippen LogP) is 3.36. The largest absolute Gasteiger partial charge is 0.349 e. The van der Waals surface area contributed by atoms with Gasteiger partial charge in [-0.2, -0.15) is 5.10 Å². The molecule has 1 fully saturated rings. The lowest BCUT2D eigenvalue weighted by molar-refractivity contribution is -0.123. The summed E-state index contributed by atoms with van der Waals surface area (Å²) in [5, 5.41) is 8.16. The number of hydrogen-bond donors (Lipinski definition) is 1. The zero-order valence-electron chi connectivity index (χ0n) is 13.0. The van der Waals surface area contributed by atoms with Crippen LogP contribution in [0, 0.1) is 12.8 Å². The molecule has 22 heavy (non-hydrogen) atoms. The Kier molecular flexibility index (Phi) is 3.96. The van der Waals surface area contributed by atoms with Gasteiger partial charge in [0.1, 0.15) is 0 Å². The van der Waals surface area contributed by atoms with E-state index in [1.807, 2.05) is 51.4 Å². The molecular formula is C17H20ClN3O. The highest BCUT2D eigenvalue weighted by molar-refractivity contribution is 6.30. The van der Waals surface area contributed by atoms with Crippen molar-refractivity contribution in [1.29, 1.82) is 0 Å². The van der Waals surface area contributed by atoms with Crippen molar-refractivity contribution < 1.29 is 4.79 Å². The molecular weight excluding hydrogens is 298 g/mol. The number of nitrogens with zero attached hydrogens (tertiary/aromatic N) is 2. The zero-order valence-corrected chi connectivity index (χ0v) is 13.8. The molecule has 2 aromatic rings. The summed E-state index contributed by atoms with van der Waals surface area (Å²) in [4.78, 5) is 12.4. The van der Waals surface area contributed by atoms with E-state index in [0.29, 0.717) is 5.92 Å². The summed E-state index contributed by atoms with van der Waals surface area (Å²) < 4.78 is 1.78. The predicted molar refractivity (Wildman–Crippen MR) is 86.8 cm³/mol. The van der Waals surface area contributed by atoms with Gasteiger partial charge in [-0.25, -0.2) is 0 Å². The molecule has 0 spiro atoms. The molecule has 0 aliphatic heterocycles. The van der Waals surface area contributed by atoms with E-state index >= 15 is 0 Å². The highest BCUT2D eigenvalue weighted by Gasteiger charge is 2.44. The average molecular weight is 318 g/mol. The topological polar surface area (TPSA) is 46.9 Å². The Bertz CT molecular complexity index is 692. The van der Waals surface area contributed by atoms with Crippen molar-refractivity contribution >= 4 is 17.5 Å². The van der Waals surface area contributed by atoms with Gasteiger partial charge in [-0.1, -0.05) is 23.7 Å². The summed E-state index contributed by atoms with van der Waals surface area (Å²) in [5.74, 6) is 0.510. The van der Waals surface area contributed by atoms with E-state index in [0.717, 1.165) is 22.7 Å². The van der Waals surface area contributed by atoms with Crippen LogP contribution in [0.4, 0.5) is 0 Å². The molecule has 3 atom stereocenters. The molecule has 116 valence electrons. The molecule has 0 bridgehead atoms. The second kappa shape index (κ2) is 5.76. The van der Waals surface area contributed by atoms with Crippen molar-refractivity contribution in [3.05, 3.63) is 52.3 Å². The molecule has 1 N–H and O–H groups in total.